The third-order valence-electron chi connectivity index (χ3n) is 7.24. The predicted octanol–water partition coefficient (Wildman–Crippen LogP) is 5.40. The number of piperidine rings is 1. The normalized spacial score (nSPS) is 21.3. The van der Waals surface area contributed by atoms with Crippen molar-refractivity contribution in [2.45, 2.75) is 49.0 Å². The first-order valence-electron chi connectivity index (χ1n) is 12.2. The average Bonchev–Trinajstić information content (AvgIpc) is 3.34. The van der Waals surface area contributed by atoms with Gasteiger partial charge in [-0.3, -0.25) is 14.8 Å². The van der Waals surface area contributed by atoms with Gasteiger partial charge >= 0.3 is 6.18 Å². The summed E-state index contributed by atoms with van der Waals surface area (Å²) in [5.41, 5.74) is 0.790. The lowest BCUT2D eigenvalue weighted by Crippen LogP contribution is -2.43. The number of fused-ring (bicyclic) bond motifs is 2. The number of hydrogen-bond donors (Lipinski definition) is 0. The number of sulfonamides is 1. The van der Waals surface area contributed by atoms with Gasteiger partial charge in [0.2, 0.25) is 5.09 Å². The van der Waals surface area contributed by atoms with Crippen LogP contribution in [0.1, 0.15) is 30.5 Å². The number of Topliss-reactive ketones (excluding diaryl/α,β-unsaturated/α-hetero) is 1. The molecule has 1 saturated heterocycles. The third-order valence-corrected chi connectivity index (χ3v) is 9.03. The molecule has 4 aromatic rings. The fourth-order valence-corrected chi connectivity index (χ4v) is 7.01. The second-order valence-electron chi connectivity index (χ2n) is 9.83. The van der Waals surface area contributed by atoms with Crippen LogP contribution in [0.25, 0.3) is 22.2 Å². The van der Waals surface area contributed by atoms with Gasteiger partial charge in [-0.2, -0.15) is 17.5 Å². The highest BCUT2D eigenvalue weighted by Crippen LogP contribution is 2.51. The number of halogens is 4. The Balaban J connectivity index is 1.17. The van der Waals surface area contributed by atoms with Crippen molar-refractivity contribution in [3.8, 4) is 11.3 Å². The summed E-state index contributed by atoms with van der Waals surface area (Å²) in [7, 11) is -4.14. The number of pyridine rings is 2. The van der Waals surface area contributed by atoms with Crippen molar-refractivity contribution in [2.24, 2.45) is 5.92 Å². The van der Waals surface area contributed by atoms with Crippen molar-refractivity contribution in [3.63, 3.8) is 0 Å². The predicted molar refractivity (Wildman–Crippen MR) is 131 cm³/mol. The van der Waals surface area contributed by atoms with Gasteiger partial charge in [0.05, 0.1) is 17.3 Å². The molecular formula is C27H21F4N3O4S. The fraction of sp³-hybridized carbons (Fsp3) is 0.296. The number of furan rings is 1. The van der Waals surface area contributed by atoms with Gasteiger partial charge < -0.3 is 4.42 Å². The minimum atomic E-state index is -4.49. The van der Waals surface area contributed by atoms with Crippen LogP contribution in [-0.4, -0.2) is 40.6 Å². The summed E-state index contributed by atoms with van der Waals surface area (Å²) in [6.45, 7) is 0. The van der Waals surface area contributed by atoms with Crippen LogP contribution >= 0.6 is 0 Å². The smallest absolute Gasteiger partial charge is 0.417 e. The maximum atomic E-state index is 13.6. The number of benzene rings is 1. The zero-order valence-corrected chi connectivity index (χ0v) is 21.0. The number of aryl methyl sites for hydroxylation is 1. The Labute approximate surface area is 220 Å². The number of ketones is 1. The monoisotopic (exact) mass is 559 g/mol. The van der Waals surface area contributed by atoms with Crippen molar-refractivity contribution < 1.29 is 35.2 Å². The highest BCUT2D eigenvalue weighted by Gasteiger charge is 2.59. The molecule has 3 atom stereocenters. The van der Waals surface area contributed by atoms with Crippen molar-refractivity contribution in [2.75, 3.05) is 0 Å². The van der Waals surface area contributed by atoms with Gasteiger partial charge in [-0.05, 0) is 67.6 Å². The average molecular weight is 560 g/mol. The molecule has 1 aliphatic carbocycles. The molecule has 1 saturated carbocycles. The molecule has 202 valence electrons. The van der Waals surface area contributed by atoms with Crippen LogP contribution in [0.2, 0.25) is 0 Å². The Morgan fingerprint density at radius 2 is 1.87 bits per heavy atom. The Bertz CT molecular complexity index is 1690. The summed E-state index contributed by atoms with van der Waals surface area (Å²) in [6, 6.07) is 9.36. The second-order valence-corrected chi connectivity index (χ2v) is 11.6. The van der Waals surface area contributed by atoms with Crippen LogP contribution < -0.4 is 0 Å². The maximum absolute atomic E-state index is 13.6. The Morgan fingerprint density at radius 1 is 1.05 bits per heavy atom. The van der Waals surface area contributed by atoms with Crippen LogP contribution in [0.15, 0.2) is 70.4 Å². The number of aromatic nitrogens is 2. The van der Waals surface area contributed by atoms with Crippen molar-refractivity contribution in [3.05, 3.63) is 78.0 Å². The van der Waals surface area contributed by atoms with Crippen molar-refractivity contribution in [1.29, 1.82) is 0 Å². The number of rotatable bonds is 7. The van der Waals surface area contributed by atoms with E-state index in [1.807, 2.05) is 0 Å². The van der Waals surface area contributed by atoms with E-state index in [0.29, 0.717) is 35.2 Å². The number of carbonyl (C=O) groups is 1. The van der Waals surface area contributed by atoms with Gasteiger partial charge in [-0.15, -0.1) is 0 Å². The molecule has 39 heavy (non-hydrogen) atoms. The SMILES string of the molecule is O=C(CCc1cc(-c2ccc(C(F)(F)F)cn2)ccn1)[C@@H]1C[C@H]2C[C@H]2N1S(=O)(=O)c1cc2cc(F)ccc2o1. The molecule has 2 aliphatic rings. The molecule has 0 amide bonds. The van der Waals surface area contributed by atoms with Gasteiger partial charge in [-0.25, -0.2) is 12.8 Å². The number of carbonyl (C=O) groups excluding carboxylic acids is 1. The van der Waals surface area contributed by atoms with Crippen LogP contribution in [0.5, 0.6) is 0 Å². The Kier molecular flexibility index (Phi) is 6.07. The fourth-order valence-electron chi connectivity index (χ4n) is 5.18. The van der Waals surface area contributed by atoms with Crippen LogP contribution in [-0.2, 0) is 27.4 Å². The zero-order chi connectivity index (χ0) is 27.5. The summed E-state index contributed by atoms with van der Waals surface area (Å²) < 4.78 is 85.9. The van der Waals surface area contributed by atoms with E-state index in [2.05, 4.69) is 9.97 Å². The number of nitrogens with zero attached hydrogens (tertiary/aromatic N) is 3. The summed E-state index contributed by atoms with van der Waals surface area (Å²) in [5.74, 6) is -0.675. The molecule has 0 spiro atoms. The zero-order valence-electron chi connectivity index (χ0n) is 20.2. The minimum absolute atomic E-state index is 0.0262. The van der Waals surface area contributed by atoms with E-state index < -0.39 is 33.6 Å². The van der Waals surface area contributed by atoms with Gasteiger partial charge in [0.15, 0.2) is 5.78 Å². The molecule has 12 heteroatoms. The van der Waals surface area contributed by atoms with E-state index in [1.54, 1.807) is 12.1 Å². The summed E-state index contributed by atoms with van der Waals surface area (Å²) >= 11 is 0. The molecule has 2 fully saturated rings. The van der Waals surface area contributed by atoms with E-state index in [4.69, 9.17) is 4.42 Å². The third kappa shape index (κ3) is 4.82. The lowest BCUT2D eigenvalue weighted by Gasteiger charge is -2.24. The quantitative estimate of drug-likeness (QED) is 0.282. The summed E-state index contributed by atoms with van der Waals surface area (Å²) in [6.07, 6.45) is -0.907. The van der Waals surface area contributed by atoms with Gasteiger partial charge in [0, 0.05) is 47.6 Å². The lowest BCUT2D eigenvalue weighted by atomic mass is 10.0. The van der Waals surface area contributed by atoms with E-state index in [0.717, 1.165) is 12.3 Å². The molecule has 0 bridgehead atoms. The second kappa shape index (κ2) is 9.23. The van der Waals surface area contributed by atoms with E-state index in [9.17, 15) is 30.8 Å². The van der Waals surface area contributed by atoms with Gasteiger partial charge in [-0.1, -0.05) is 0 Å². The standard InChI is InChI=1S/C27H21F4N3O4S/c28-19-2-6-25-17(9-19)13-26(38-25)39(36,37)34-22-11-16(22)12-23(34)24(35)5-3-20-10-15(7-8-32-20)21-4-1-18(14-33-21)27(29,30)31/h1-2,4,6-10,13-14,16,22-23H,3,5,11-12H2/t16-,22-,23+/m1/s1. The van der Waals surface area contributed by atoms with E-state index in [1.165, 1.54) is 40.8 Å². The molecule has 0 N–H and O–H groups in total. The summed E-state index contributed by atoms with van der Waals surface area (Å²) in [4.78, 5) is 21.4. The molecule has 3 aromatic heterocycles. The molecule has 4 heterocycles. The van der Waals surface area contributed by atoms with Crippen LogP contribution in [0.3, 0.4) is 0 Å². The number of alkyl halides is 3. The van der Waals surface area contributed by atoms with Gasteiger partial charge in [0.1, 0.15) is 11.4 Å². The number of hydrogen-bond acceptors (Lipinski definition) is 6. The van der Waals surface area contributed by atoms with Crippen LogP contribution in [0.4, 0.5) is 17.6 Å². The highest BCUT2D eigenvalue weighted by atomic mass is 32.2. The first-order valence-corrected chi connectivity index (χ1v) is 13.7. The first-order chi connectivity index (χ1) is 18.5. The van der Waals surface area contributed by atoms with Gasteiger partial charge in [0.25, 0.3) is 10.0 Å². The maximum Gasteiger partial charge on any atom is 0.417 e. The Morgan fingerprint density at radius 3 is 2.62 bits per heavy atom. The molecule has 6 rings (SSSR count). The molecular weight excluding hydrogens is 538 g/mol. The molecule has 0 unspecified atom stereocenters. The first kappa shape index (κ1) is 25.6. The van der Waals surface area contributed by atoms with Crippen molar-refractivity contribution in [1.82, 2.24) is 14.3 Å². The van der Waals surface area contributed by atoms with Crippen LogP contribution in [0, 0.1) is 11.7 Å². The largest absolute Gasteiger partial charge is 0.443 e. The van der Waals surface area contributed by atoms with E-state index >= 15 is 0 Å². The topological polar surface area (TPSA) is 93.4 Å². The molecule has 7 nitrogen and oxygen atoms in total. The minimum Gasteiger partial charge on any atom is -0.443 e. The molecule has 1 aromatic carbocycles. The highest BCUT2D eigenvalue weighted by molar-refractivity contribution is 7.89. The molecule has 1 aliphatic heterocycles. The lowest BCUT2D eigenvalue weighted by molar-refractivity contribution is -0.137. The van der Waals surface area contributed by atoms with E-state index in [-0.39, 0.29) is 41.3 Å². The Hall–Kier alpha value is -3.64. The summed E-state index contributed by atoms with van der Waals surface area (Å²) in [5, 5.41) is -0.0108. The van der Waals surface area contributed by atoms with Crippen molar-refractivity contribution >= 4 is 26.8 Å². The molecule has 0 radical (unpaired) electrons.